The topological polar surface area (TPSA) is 94.2 Å². The summed E-state index contributed by atoms with van der Waals surface area (Å²) in [5, 5.41) is 21.8. The Kier molecular flexibility index (Phi) is 11.0. The maximum Gasteiger partial charge on any atom is 0.232 e. The van der Waals surface area contributed by atoms with Crippen LogP contribution >= 0.6 is 0 Å². The molecule has 0 amide bonds. The molecule has 14 heavy (non-hydrogen) atoms. The van der Waals surface area contributed by atoms with Crippen molar-refractivity contribution in [3.8, 4) is 0 Å². The highest BCUT2D eigenvalue weighted by Crippen LogP contribution is 2.01. The Balaban J connectivity index is 3.30. The molecule has 86 valence electrons. The van der Waals surface area contributed by atoms with Gasteiger partial charge in [0.05, 0.1) is 6.61 Å². The van der Waals surface area contributed by atoms with Crippen LogP contribution in [0.25, 0.3) is 0 Å². The van der Waals surface area contributed by atoms with Crippen molar-refractivity contribution in [3.05, 3.63) is 0 Å². The number of aliphatic hydroxyl groups is 2. The molecule has 0 saturated heterocycles. The molecule has 0 rings (SSSR count). The molecule has 7 heteroatoms. The van der Waals surface area contributed by atoms with Gasteiger partial charge in [0.2, 0.25) is 9.04 Å². The number of rotatable bonds is 10. The first-order valence-corrected chi connectivity index (χ1v) is 6.82. The van der Waals surface area contributed by atoms with Crippen molar-refractivity contribution in [2.24, 2.45) is 5.73 Å². The zero-order valence-corrected chi connectivity index (χ0v) is 9.38. The summed E-state index contributed by atoms with van der Waals surface area (Å²) in [6.07, 6.45) is 0.704. The van der Waals surface area contributed by atoms with E-state index in [1.165, 1.54) is 0 Å². The van der Waals surface area contributed by atoms with Crippen LogP contribution in [0.2, 0.25) is 12.1 Å². The number of hydrogen-bond donors (Lipinski definition) is 3. The number of hydrogen-bond acceptors (Lipinski definition) is 6. The summed E-state index contributed by atoms with van der Waals surface area (Å²) >= 11 is 0. The summed E-state index contributed by atoms with van der Waals surface area (Å²) in [7, 11) is -1.66. The third-order valence-corrected chi connectivity index (χ3v) is 3.71. The fraction of sp³-hybridized carbons (Fsp3) is 1.00. The van der Waals surface area contributed by atoms with Crippen LogP contribution < -0.4 is 5.73 Å². The normalized spacial score (nSPS) is 11.1. The summed E-state index contributed by atoms with van der Waals surface area (Å²) in [4.78, 5) is 4.67. The van der Waals surface area contributed by atoms with Gasteiger partial charge in [-0.2, -0.15) is 0 Å². The highest BCUT2D eigenvalue weighted by atomic mass is 28.3. The minimum absolute atomic E-state index is 0.0447. The molecule has 4 N–H and O–H groups in total. The van der Waals surface area contributed by atoms with Gasteiger partial charge in [0, 0.05) is 13.2 Å². The zero-order chi connectivity index (χ0) is 10.6. The van der Waals surface area contributed by atoms with E-state index in [0.29, 0.717) is 31.7 Å². The predicted molar refractivity (Wildman–Crippen MR) is 52.7 cm³/mol. The van der Waals surface area contributed by atoms with E-state index >= 15 is 0 Å². The largest absolute Gasteiger partial charge is 0.397 e. The van der Waals surface area contributed by atoms with Crippen molar-refractivity contribution in [3.63, 3.8) is 0 Å². The molecule has 0 spiro atoms. The molecule has 0 bridgehead atoms. The van der Waals surface area contributed by atoms with E-state index in [9.17, 15) is 0 Å². The van der Waals surface area contributed by atoms with E-state index in [-0.39, 0.29) is 13.2 Å². The molecule has 6 nitrogen and oxygen atoms in total. The Morgan fingerprint density at radius 2 is 1.79 bits per heavy atom. The van der Waals surface area contributed by atoms with Gasteiger partial charge in [-0.25, -0.2) is 4.89 Å². The zero-order valence-electron chi connectivity index (χ0n) is 8.22. The Morgan fingerprint density at radius 1 is 1.14 bits per heavy atom. The SMILES string of the molecule is NCCCOOO[SiH](CCO)CCO. The summed E-state index contributed by atoms with van der Waals surface area (Å²) < 4.78 is 4.93. The smallest absolute Gasteiger partial charge is 0.232 e. The minimum atomic E-state index is -1.66. The van der Waals surface area contributed by atoms with Crippen LogP contribution in [0.15, 0.2) is 0 Å². The van der Waals surface area contributed by atoms with Crippen molar-refractivity contribution in [2.75, 3.05) is 26.4 Å². The molecule has 0 radical (unpaired) electrons. The lowest BCUT2D eigenvalue weighted by atomic mass is 10.5. The van der Waals surface area contributed by atoms with Crippen LogP contribution in [0, 0.1) is 0 Å². The molecular formula is C7H19NO5Si. The average molecular weight is 225 g/mol. The van der Waals surface area contributed by atoms with Crippen LogP contribution in [0.5, 0.6) is 0 Å². The van der Waals surface area contributed by atoms with Gasteiger partial charge in [-0.3, -0.25) is 4.58 Å². The maximum atomic E-state index is 8.66. The second kappa shape index (κ2) is 11.1. The second-order valence-corrected chi connectivity index (χ2v) is 5.37. The first-order chi connectivity index (χ1) is 6.85. The molecule has 0 atom stereocenters. The molecule has 0 aromatic carbocycles. The third kappa shape index (κ3) is 8.57. The quantitative estimate of drug-likeness (QED) is 0.189. The highest BCUT2D eigenvalue weighted by molar-refractivity contribution is 6.51. The number of nitrogens with two attached hydrogens (primary N) is 1. The maximum absolute atomic E-state index is 8.66. The third-order valence-electron chi connectivity index (χ3n) is 1.56. The van der Waals surface area contributed by atoms with Crippen molar-refractivity contribution in [2.45, 2.75) is 18.5 Å². The minimum Gasteiger partial charge on any atom is -0.397 e. The summed E-state index contributed by atoms with van der Waals surface area (Å²) in [5.41, 5.74) is 5.23. The van der Waals surface area contributed by atoms with Crippen molar-refractivity contribution >= 4 is 9.04 Å². The summed E-state index contributed by atoms with van der Waals surface area (Å²) in [5.74, 6) is 0. The summed E-state index contributed by atoms with van der Waals surface area (Å²) in [6, 6.07) is 1.08. The molecule has 0 saturated carbocycles. The second-order valence-electron chi connectivity index (χ2n) is 2.78. The molecule has 0 heterocycles. The van der Waals surface area contributed by atoms with Crippen LogP contribution in [-0.2, 0) is 14.5 Å². The van der Waals surface area contributed by atoms with E-state index in [2.05, 4.69) is 9.93 Å². The molecular weight excluding hydrogens is 206 g/mol. The van der Waals surface area contributed by atoms with Gasteiger partial charge in [0.25, 0.3) is 0 Å². The van der Waals surface area contributed by atoms with E-state index in [1.807, 2.05) is 0 Å². The average Bonchev–Trinajstić information content (AvgIpc) is 2.18. The molecule has 0 aliphatic carbocycles. The van der Waals surface area contributed by atoms with Gasteiger partial charge in [0.1, 0.15) is 0 Å². The lowest BCUT2D eigenvalue weighted by molar-refractivity contribution is -0.471. The van der Waals surface area contributed by atoms with Gasteiger partial charge in [-0.15, -0.1) is 0 Å². The van der Waals surface area contributed by atoms with Crippen molar-refractivity contribution in [1.82, 2.24) is 0 Å². The standard InChI is InChI=1S/C7H19NO5Si/c8-2-1-5-11-12-13-14(6-3-9)7-4-10/h9-10,14H,1-8H2. The molecule has 0 fully saturated rings. The molecule has 0 aliphatic rings. The van der Waals surface area contributed by atoms with Crippen molar-refractivity contribution < 1.29 is 24.7 Å². The molecule has 0 aliphatic heterocycles. The molecule has 0 unspecified atom stereocenters. The fourth-order valence-electron chi connectivity index (χ4n) is 0.788. The van der Waals surface area contributed by atoms with Gasteiger partial charge in [-0.05, 0) is 25.1 Å². The van der Waals surface area contributed by atoms with Crippen LogP contribution in [-0.4, -0.2) is 45.6 Å². The van der Waals surface area contributed by atoms with E-state index in [1.54, 1.807) is 0 Å². The molecule has 0 aromatic rings. The summed E-state index contributed by atoms with van der Waals surface area (Å²) in [6.45, 7) is 1.01. The van der Waals surface area contributed by atoms with Crippen LogP contribution in [0.3, 0.4) is 0 Å². The monoisotopic (exact) mass is 225 g/mol. The van der Waals surface area contributed by atoms with E-state index < -0.39 is 9.04 Å². The predicted octanol–water partition coefficient (Wildman–Crippen LogP) is -1.08. The Bertz CT molecular complexity index is 112. The van der Waals surface area contributed by atoms with Gasteiger partial charge < -0.3 is 15.9 Å². The van der Waals surface area contributed by atoms with Crippen molar-refractivity contribution in [1.29, 1.82) is 0 Å². The van der Waals surface area contributed by atoms with Crippen LogP contribution in [0.4, 0.5) is 0 Å². The van der Waals surface area contributed by atoms with Gasteiger partial charge >= 0.3 is 0 Å². The first-order valence-electron chi connectivity index (χ1n) is 4.71. The first kappa shape index (κ1) is 14.0. The van der Waals surface area contributed by atoms with Gasteiger partial charge in [-0.1, -0.05) is 5.04 Å². The van der Waals surface area contributed by atoms with E-state index in [4.69, 9.17) is 20.5 Å². The van der Waals surface area contributed by atoms with Gasteiger partial charge in [0.15, 0.2) is 0 Å². The highest BCUT2D eigenvalue weighted by Gasteiger charge is 2.12. The lowest BCUT2D eigenvalue weighted by Crippen LogP contribution is -2.21. The number of aliphatic hydroxyl groups excluding tert-OH is 2. The fourth-order valence-corrected chi connectivity index (χ4v) is 2.01. The Labute approximate surface area is 85.2 Å². The lowest BCUT2D eigenvalue weighted by Gasteiger charge is -2.11. The van der Waals surface area contributed by atoms with Crippen LogP contribution in [0.1, 0.15) is 6.42 Å². The Morgan fingerprint density at radius 3 is 2.29 bits per heavy atom. The molecule has 0 aromatic heterocycles. The Hall–Kier alpha value is -0.0231. The van der Waals surface area contributed by atoms with E-state index in [0.717, 1.165) is 0 Å².